The molecule has 3 aromatic rings. The van der Waals surface area contributed by atoms with Crippen molar-refractivity contribution in [3.05, 3.63) is 102 Å². The van der Waals surface area contributed by atoms with Crippen molar-refractivity contribution < 1.29 is 17.9 Å². The van der Waals surface area contributed by atoms with Gasteiger partial charge in [0.15, 0.2) is 0 Å². The number of sulfonamides is 1. The summed E-state index contributed by atoms with van der Waals surface area (Å²) in [5.41, 5.74) is 5.19. The fourth-order valence-corrected chi connectivity index (χ4v) is 3.84. The van der Waals surface area contributed by atoms with Gasteiger partial charge in [0.1, 0.15) is 12.4 Å². The lowest BCUT2D eigenvalue weighted by Gasteiger charge is -2.18. The zero-order chi connectivity index (χ0) is 23.5. The van der Waals surface area contributed by atoms with Crippen molar-refractivity contribution in [3.63, 3.8) is 0 Å². The molecule has 1 N–H and O–H groups in total. The van der Waals surface area contributed by atoms with Gasteiger partial charge in [-0.25, -0.2) is 13.8 Å². The summed E-state index contributed by atoms with van der Waals surface area (Å²) in [5.74, 6) is 0.166. The van der Waals surface area contributed by atoms with Gasteiger partial charge in [0.05, 0.1) is 19.0 Å². The molecular formula is C25H27N3O4S. The minimum absolute atomic E-state index is 0.209. The number of hydrogen-bond acceptors (Lipinski definition) is 5. The molecule has 0 bridgehead atoms. The second kappa shape index (κ2) is 11.9. The average molecular weight is 466 g/mol. The summed E-state index contributed by atoms with van der Waals surface area (Å²) in [6.45, 7) is 0.354. The Balaban J connectivity index is 1.51. The van der Waals surface area contributed by atoms with Crippen molar-refractivity contribution in [1.29, 1.82) is 0 Å². The van der Waals surface area contributed by atoms with Gasteiger partial charge in [-0.05, 0) is 35.2 Å². The molecule has 0 heterocycles. The van der Waals surface area contributed by atoms with Crippen molar-refractivity contribution >= 4 is 22.1 Å². The molecule has 0 atom stereocenters. The molecule has 3 rings (SSSR count). The molecule has 3 aromatic carbocycles. The number of benzene rings is 3. The standard InChI is InChI=1S/C25H27N3O4S/c1-33(30,31)28(16-15-21-9-4-2-5-10-21)19-25(29)27-26-18-23-13-8-14-24(17-23)32-20-22-11-6-3-7-12-22/h2-14,17-18H,15-16,19-20H2,1H3,(H,27,29). The van der Waals surface area contributed by atoms with Crippen LogP contribution in [0.1, 0.15) is 16.7 Å². The molecule has 0 fully saturated rings. The highest BCUT2D eigenvalue weighted by Crippen LogP contribution is 2.14. The molecule has 8 heteroatoms. The fraction of sp³-hybridized carbons (Fsp3) is 0.200. The van der Waals surface area contributed by atoms with Gasteiger partial charge in [0.25, 0.3) is 5.91 Å². The summed E-state index contributed by atoms with van der Waals surface area (Å²) in [5, 5.41) is 3.95. The summed E-state index contributed by atoms with van der Waals surface area (Å²) in [6, 6.07) is 26.7. The number of carbonyl (C=O) groups is 1. The fourth-order valence-electron chi connectivity index (χ4n) is 3.06. The van der Waals surface area contributed by atoms with E-state index in [2.05, 4.69) is 10.5 Å². The number of hydrogen-bond donors (Lipinski definition) is 1. The summed E-state index contributed by atoms with van der Waals surface area (Å²) in [7, 11) is -3.54. The van der Waals surface area contributed by atoms with E-state index in [9.17, 15) is 13.2 Å². The van der Waals surface area contributed by atoms with Gasteiger partial charge in [0, 0.05) is 6.54 Å². The van der Waals surface area contributed by atoms with E-state index in [-0.39, 0.29) is 13.1 Å². The highest BCUT2D eigenvalue weighted by Gasteiger charge is 2.19. The number of hydrazone groups is 1. The highest BCUT2D eigenvalue weighted by atomic mass is 32.2. The third-order valence-electron chi connectivity index (χ3n) is 4.79. The largest absolute Gasteiger partial charge is 0.489 e. The first-order valence-electron chi connectivity index (χ1n) is 10.5. The minimum Gasteiger partial charge on any atom is -0.489 e. The van der Waals surface area contributed by atoms with Crippen molar-refractivity contribution in [2.24, 2.45) is 5.10 Å². The van der Waals surface area contributed by atoms with E-state index in [1.165, 1.54) is 6.21 Å². The molecule has 0 radical (unpaired) electrons. The third-order valence-corrected chi connectivity index (χ3v) is 6.04. The first-order valence-corrected chi connectivity index (χ1v) is 12.3. The molecule has 33 heavy (non-hydrogen) atoms. The van der Waals surface area contributed by atoms with Gasteiger partial charge in [-0.15, -0.1) is 0 Å². The van der Waals surface area contributed by atoms with E-state index in [0.717, 1.165) is 27.3 Å². The molecule has 0 aromatic heterocycles. The molecule has 0 aliphatic rings. The smallest absolute Gasteiger partial charge is 0.255 e. The summed E-state index contributed by atoms with van der Waals surface area (Å²) < 4.78 is 31.1. The molecule has 0 aliphatic carbocycles. The number of nitrogens with one attached hydrogen (secondary N) is 1. The lowest BCUT2D eigenvalue weighted by molar-refractivity contribution is -0.121. The maximum atomic E-state index is 12.3. The topological polar surface area (TPSA) is 88.1 Å². The van der Waals surface area contributed by atoms with Crippen molar-refractivity contribution in [1.82, 2.24) is 9.73 Å². The van der Waals surface area contributed by atoms with E-state index in [1.807, 2.05) is 78.9 Å². The monoisotopic (exact) mass is 465 g/mol. The summed E-state index contributed by atoms with van der Waals surface area (Å²) >= 11 is 0. The Bertz CT molecular complexity index is 1170. The van der Waals surface area contributed by atoms with E-state index in [0.29, 0.717) is 18.8 Å². The molecule has 0 saturated carbocycles. The molecule has 0 saturated heterocycles. The molecule has 7 nitrogen and oxygen atoms in total. The van der Waals surface area contributed by atoms with E-state index >= 15 is 0 Å². The maximum Gasteiger partial charge on any atom is 0.255 e. The zero-order valence-corrected chi connectivity index (χ0v) is 19.2. The molecule has 172 valence electrons. The van der Waals surface area contributed by atoms with Crippen LogP contribution < -0.4 is 10.2 Å². The molecule has 1 amide bonds. The molecular weight excluding hydrogens is 438 g/mol. The van der Waals surface area contributed by atoms with Crippen LogP contribution in [0.3, 0.4) is 0 Å². The van der Waals surface area contributed by atoms with Gasteiger partial charge < -0.3 is 4.74 Å². The first-order chi connectivity index (χ1) is 15.9. The van der Waals surface area contributed by atoms with Gasteiger partial charge in [-0.1, -0.05) is 72.8 Å². The van der Waals surface area contributed by atoms with Crippen LogP contribution in [0, 0.1) is 0 Å². The Kier molecular flexibility index (Phi) is 8.74. The normalized spacial score (nSPS) is 11.6. The SMILES string of the molecule is CS(=O)(=O)N(CCc1ccccc1)CC(=O)NN=Cc1cccc(OCc2ccccc2)c1. The van der Waals surface area contributed by atoms with Crippen LogP contribution in [0.25, 0.3) is 0 Å². The first kappa shape index (κ1) is 24.2. The lowest BCUT2D eigenvalue weighted by atomic mass is 10.1. The number of carbonyl (C=O) groups excluding carboxylic acids is 1. The zero-order valence-electron chi connectivity index (χ0n) is 18.4. The molecule has 0 spiro atoms. The van der Waals surface area contributed by atoms with Crippen LogP contribution in [-0.4, -0.2) is 44.2 Å². The Labute approximate surface area is 194 Å². The second-order valence-corrected chi connectivity index (χ2v) is 9.45. The number of rotatable bonds is 11. The summed E-state index contributed by atoms with van der Waals surface area (Å²) in [4.78, 5) is 12.3. The Morgan fingerprint density at radius 2 is 1.64 bits per heavy atom. The van der Waals surface area contributed by atoms with Crippen LogP contribution in [0.15, 0.2) is 90.0 Å². The van der Waals surface area contributed by atoms with Crippen molar-refractivity contribution in [2.75, 3.05) is 19.3 Å². The Morgan fingerprint density at radius 1 is 0.970 bits per heavy atom. The number of ether oxygens (including phenoxy) is 1. The van der Waals surface area contributed by atoms with Gasteiger partial charge >= 0.3 is 0 Å². The van der Waals surface area contributed by atoms with Crippen LogP contribution in [0.4, 0.5) is 0 Å². The van der Waals surface area contributed by atoms with E-state index in [4.69, 9.17) is 4.74 Å². The molecule has 0 unspecified atom stereocenters. The second-order valence-electron chi connectivity index (χ2n) is 7.47. The van der Waals surface area contributed by atoms with Crippen molar-refractivity contribution in [3.8, 4) is 5.75 Å². The third kappa shape index (κ3) is 8.51. The number of amides is 1. The van der Waals surface area contributed by atoms with E-state index in [1.54, 1.807) is 6.07 Å². The average Bonchev–Trinajstić information content (AvgIpc) is 2.81. The van der Waals surface area contributed by atoms with Gasteiger partial charge in [-0.3, -0.25) is 4.79 Å². The quantitative estimate of drug-likeness (QED) is 0.348. The van der Waals surface area contributed by atoms with Crippen LogP contribution >= 0.6 is 0 Å². The maximum absolute atomic E-state index is 12.3. The highest BCUT2D eigenvalue weighted by molar-refractivity contribution is 7.88. The predicted molar refractivity (Wildman–Crippen MR) is 130 cm³/mol. The Morgan fingerprint density at radius 3 is 2.30 bits per heavy atom. The minimum atomic E-state index is -3.54. The van der Waals surface area contributed by atoms with Gasteiger partial charge in [0.2, 0.25) is 10.0 Å². The summed E-state index contributed by atoms with van der Waals surface area (Å²) in [6.07, 6.45) is 3.09. The van der Waals surface area contributed by atoms with Gasteiger partial charge in [-0.2, -0.15) is 9.41 Å². The predicted octanol–water partition coefficient (Wildman–Crippen LogP) is 3.22. The molecule has 0 aliphatic heterocycles. The van der Waals surface area contributed by atoms with Crippen LogP contribution in [-0.2, 0) is 27.8 Å². The lowest BCUT2D eigenvalue weighted by Crippen LogP contribution is -2.40. The van der Waals surface area contributed by atoms with Crippen LogP contribution in [0.5, 0.6) is 5.75 Å². The number of nitrogens with zero attached hydrogens (tertiary/aromatic N) is 2. The van der Waals surface area contributed by atoms with E-state index < -0.39 is 15.9 Å². The van der Waals surface area contributed by atoms with Crippen LogP contribution in [0.2, 0.25) is 0 Å². The Hall–Kier alpha value is -3.49. The van der Waals surface area contributed by atoms with Crippen molar-refractivity contribution in [2.45, 2.75) is 13.0 Å².